The third-order valence-corrected chi connectivity index (χ3v) is 7.54. The molecule has 1 fully saturated rings. The minimum Gasteiger partial charge on any atom is -0.354 e. The molecule has 0 radical (unpaired) electrons. The molecule has 37 heavy (non-hydrogen) atoms. The minimum absolute atomic E-state index is 0.0893. The van der Waals surface area contributed by atoms with Crippen molar-refractivity contribution >= 4 is 23.2 Å². The molecule has 0 saturated heterocycles. The minimum atomic E-state index is 0.0893. The van der Waals surface area contributed by atoms with Crippen molar-refractivity contribution in [1.29, 1.82) is 0 Å². The molecule has 1 amide bonds. The molecule has 3 aromatic rings. The highest BCUT2D eigenvalue weighted by molar-refractivity contribution is 5.93. The van der Waals surface area contributed by atoms with Crippen molar-refractivity contribution in [2.45, 2.75) is 77.8 Å². The van der Waals surface area contributed by atoms with Crippen molar-refractivity contribution in [1.82, 2.24) is 19.9 Å². The fourth-order valence-corrected chi connectivity index (χ4v) is 5.53. The number of carbonyl (C=O) groups excluding carboxylic acids is 1. The summed E-state index contributed by atoms with van der Waals surface area (Å²) in [5.74, 6) is 0.881. The van der Waals surface area contributed by atoms with E-state index in [1.54, 1.807) is 0 Å². The third-order valence-electron chi connectivity index (χ3n) is 7.54. The van der Waals surface area contributed by atoms with Gasteiger partial charge in [0.25, 0.3) is 0 Å². The molecule has 1 unspecified atom stereocenters. The first-order valence-corrected chi connectivity index (χ1v) is 13.9. The zero-order valence-electron chi connectivity index (χ0n) is 22.4. The fourth-order valence-electron chi connectivity index (χ4n) is 5.53. The van der Waals surface area contributed by atoms with Gasteiger partial charge in [0.15, 0.2) is 0 Å². The number of carbonyl (C=O) groups is 1. The Balaban J connectivity index is 1.30. The van der Waals surface area contributed by atoms with Crippen LogP contribution in [0.15, 0.2) is 66.2 Å². The van der Waals surface area contributed by atoms with Crippen LogP contribution in [0.3, 0.4) is 0 Å². The molecule has 1 N–H and O–H groups in total. The Morgan fingerprint density at radius 3 is 2.76 bits per heavy atom. The maximum Gasteiger partial charge on any atom is 0.223 e. The van der Waals surface area contributed by atoms with E-state index in [0.717, 1.165) is 37.9 Å². The van der Waals surface area contributed by atoms with Crippen LogP contribution < -0.4 is 5.32 Å². The number of rotatable bonds is 13. The van der Waals surface area contributed by atoms with Gasteiger partial charge in [0.2, 0.25) is 5.91 Å². The number of allylic oxidation sites excluding steroid dienone is 2. The van der Waals surface area contributed by atoms with Gasteiger partial charge in [-0.05, 0) is 81.4 Å². The number of nitrogens with one attached hydrogen (secondary N) is 1. The number of hydrogen-bond acceptors (Lipinski definition) is 4. The zero-order valence-corrected chi connectivity index (χ0v) is 22.4. The van der Waals surface area contributed by atoms with Gasteiger partial charge in [-0.1, -0.05) is 31.8 Å². The highest BCUT2D eigenvalue weighted by Crippen LogP contribution is 2.34. The van der Waals surface area contributed by atoms with Crippen LogP contribution in [0, 0.1) is 11.8 Å². The van der Waals surface area contributed by atoms with Gasteiger partial charge < -0.3 is 9.88 Å². The second-order valence-corrected chi connectivity index (χ2v) is 10.3. The van der Waals surface area contributed by atoms with E-state index in [2.05, 4.69) is 49.2 Å². The first-order valence-electron chi connectivity index (χ1n) is 13.9. The summed E-state index contributed by atoms with van der Waals surface area (Å²) in [5, 5.41) is 4.37. The molecule has 0 aromatic carbocycles. The zero-order chi connectivity index (χ0) is 25.9. The first kappa shape index (κ1) is 26.8. The summed E-state index contributed by atoms with van der Waals surface area (Å²) >= 11 is 0. The molecule has 3 aromatic heterocycles. The van der Waals surface area contributed by atoms with Gasteiger partial charge in [0.1, 0.15) is 5.65 Å². The monoisotopic (exact) mass is 499 g/mol. The summed E-state index contributed by atoms with van der Waals surface area (Å²) in [6.07, 6.45) is 22.6. The Kier molecular flexibility index (Phi) is 10.0. The third kappa shape index (κ3) is 7.37. The number of nitrogens with zero attached hydrogens (tertiary/aromatic N) is 4. The molecule has 2 atom stereocenters. The molecule has 3 heterocycles. The Morgan fingerprint density at radius 2 is 1.97 bits per heavy atom. The molecular formula is C31H41N5O. The van der Waals surface area contributed by atoms with Gasteiger partial charge in [-0.3, -0.25) is 14.8 Å². The number of aliphatic imine (C=N–C) groups is 1. The van der Waals surface area contributed by atoms with Gasteiger partial charge in [-0.15, -0.1) is 0 Å². The number of unbranched alkanes of at least 4 members (excludes halogenated alkanes) is 2. The number of hydrogen-bond donors (Lipinski definition) is 1. The average molecular weight is 500 g/mol. The molecule has 1 aliphatic rings. The Bertz CT molecular complexity index is 1180. The lowest BCUT2D eigenvalue weighted by atomic mass is 9.85. The molecule has 6 heteroatoms. The molecule has 1 saturated carbocycles. The first-order chi connectivity index (χ1) is 18.2. The smallest absolute Gasteiger partial charge is 0.223 e. The summed E-state index contributed by atoms with van der Waals surface area (Å²) in [6, 6.07) is 8.34. The highest BCUT2D eigenvalue weighted by Gasteiger charge is 2.30. The molecule has 0 aliphatic heterocycles. The number of fused-ring (bicyclic) bond motifs is 1. The van der Waals surface area contributed by atoms with Gasteiger partial charge in [-0.25, -0.2) is 4.98 Å². The van der Waals surface area contributed by atoms with Crippen molar-refractivity contribution in [3.8, 4) is 11.1 Å². The van der Waals surface area contributed by atoms with E-state index in [4.69, 9.17) is 0 Å². The van der Waals surface area contributed by atoms with E-state index < -0.39 is 0 Å². The lowest BCUT2D eigenvalue weighted by molar-refractivity contribution is -0.127. The van der Waals surface area contributed by atoms with Gasteiger partial charge >= 0.3 is 0 Å². The topological polar surface area (TPSA) is 72.2 Å². The number of aryl methyl sites for hydroxylation is 1. The number of amides is 1. The second kappa shape index (κ2) is 13.9. The quantitative estimate of drug-likeness (QED) is 0.212. The van der Waals surface area contributed by atoms with Crippen LogP contribution in [0.5, 0.6) is 0 Å². The van der Waals surface area contributed by atoms with Crippen LogP contribution in [0.4, 0.5) is 0 Å². The summed E-state index contributed by atoms with van der Waals surface area (Å²) in [4.78, 5) is 26.4. The number of pyridine rings is 2. The predicted molar refractivity (Wildman–Crippen MR) is 153 cm³/mol. The fraction of sp³-hybridized carbons (Fsp3) is 0.484. The largest absolute Gasteiger partial charge is 0.354 e. The standard InChI is InChI=1S/C31H41N5O/c1-3-4-17-33-24(2)22-35-31(37)27(25-11-7-8-12-25)13-6-5-9-21-36-23-29(26-15-19-32-20-16-26)28-14-10-18-34-30(28)36/h3-4,10,14-20,23-25,27H,5-9,11-13,21-22H2,1-2H3,(H,35,37)/b4-3-,33-17?/t24-,27?/m1/s1. The SMILES string of the molecule is C/C=C\C=N[C@H](C)CNC(=O)C(CCCCCn1cc(-c2ccncc2)c2cccnc21)C1CCCC1. The van der Waals surface area contributed by atoms with Crippen molar-refractivity contribution < 1.29 is 4.79 Å². The van der Waals surface area contributed by atoms with E-state index in [1.807, 2.05) is 56.9 Å². The highest BCUT2D eigenvalue weighted by atomic mass is 16.1. The van der Waals surface area contributed by atoms with Crippen LogP contribution in [0.25, 0.3) is 22.2 Å². The molecule has 196 valence electrons. The van der Waals surface area contributed by atoms with E-state index in [9.17, 15) is 4.79 Å². The molecular weight excluding hydrogens is 458 g/mol. The lowest BCUT2D eigenvalue weighted by Gasteiger charge is -2.23. The van der Waals surface area contributed by atoms with Crippen molar-refractivity contribution in [2.75, 3.05) is 6.54 Å². The summed E-state index contributed by atoms with van der Waals surface area (Å²) < 4.78 is 2.28. The second-order valence-electron chi connectivity index (χ2n) is 10.3. The summed E-state index contributed by atoms with van der Waals surface area (Å²) in [7, 11) is 0. The van der Waals surface area contributed by atoms with E-state index >= 15 is 0 Å². The van der Waals surface area contributed by atoms with E-state index in [-0.39, 0.29) is 17.9 Å². The van der Waals surface area contributed by atoms with E-state index in [1.165, 1.54) is 42.2 Å². The van der Waals surface area contributed by atoms with Crippen LogP contribution in [-0.2, 0) is 11.3 Å². The molecule has 1 aliphatic carbocycles. The van der Waals surface area contributed by atoms with Gasteiger partial charge in [0, 0.05) is 61.0 Å². The van der Waals surface area contributed by atoms with Crippen LogP contribution in [-0.4, -0.2) is 39.2 Å². The normalized spacial score (nSPS) is 16.2. The van der Waals surface area contributed by atoms with Crippen LogP contribution >= 0.6 is 0 Å². The maximum absolute atomic E-state index is 13.1. The lowest BCUT2D eigenvalue weighted by Crippen LogP contribution is -2.37. The van der Waals surface area contributed by atoms with Crippen molar-refractivity contribution in [3.63, 3.8) is 0 Å². The average Bonchev–Trinajstić information content (AvgIpc) is 3.59. The summed E-state index contributed by atoms with van der Waals surface area (Å²) in [6.45, 7) is 5.55. The van der Waals surface area contributed by atoms with Crippen molar-refractivity contribution in [2.24, 2.45) is 16.8 Å². The van der Waals surface area contributed by atoms with Gasteiger partial charge in [-0.2, -0.15) is 0 Å². The number of aromatic nitrogens is 3. The molecule has 0 bridgehead atoms. The van der Waals surface area contributed by atoms with E-state index in [0.29, 0.717) is 12.5 Å². The molecule has 4 rings (SSSR count). The Labute approximate surface area is 221 Å². The maximum atomic E-state index is 13.1. The van der Waals surface area contributed by atoms with Crippen LogP contribution in [0.2, 0.25) is 0 Å². The van der Waals surface area contributed by atoms with Crippen molar-refractivity contribution in [3.05, 3.63) is 61.2 Å². The molecule has 0 spiro atoms. The summed E-state index contributed by atoms with van der Waals surface area (Å²) in [5.41, 5.74) is 3.40. The molecule has 6 nitrogen and oxygen atoms in total. The Hall–Kier alpha value is -3.28. The van der Waals surface area contributed by atoms with Crippen LogP contribution in [0.1, 0.15) is 65.2 Å². The van der Waals surface area contributed by atoms with Gasteiger partial charge in [0.05, 0.1) is 6.04 Å². The predicted octanol–water partition coefficient (Wildman–Crippen LogP) is 6.62. The Morgan fingerprint density at radius 1 is 1.16 bits per heavy atom.